The number of benzene rings is 1. The number of aromatic nitrogens is 1. The molecule has 1 amide bonds. The Hall–Kier alpha value is -1.02. The predicted octanol–water partition coefficient (Wildman–Crippen LogP) is 3.84. The molecule has 1 N–H and O–H groups in total. The molecule has 18 heavy (non-hydrogen) atoms. The van der Waals surface area contributed by atoms with Gasteiger partial charge in [0.15, 0.2) is 0 Å². The van der Waals surface area contributed by atoms with Crippen molar-refractivity contribution >= 4 is 50.2 Å². The summed E-state index contributed by atoms with van der Waals surface area (Å²) in [6.45, 7) is 0. The highest BCUT2D eigenvalue weighted by molar-refractivity contribution is 14.1. The maximum atomic E-state index is 13.2. The Labute approximate surface area is 125 Å². The second-order valence-electron chi connectivity index (χ2n) is 3.47. The predicted molar refractivity (Wildman–Crippen MR) is 79.0 cm³/mol. The minimum Gasteiger partial charge on any atom is -0.307 e. The van der Waals surface area contributed by atoms with Crippen LogP contribution in [0.1, 0.15) is 10.4 Å². The van der Waals surface area contributed by atoms with Crippen molar-refractivity contribution in [2.75, 3.05) is 5.32 Å². The van der Waals surface area contributed by atoms with Crippen molar-refractivity contribution < 1.29 is 9.18 Å². The molecule has 0 aliphatic heterocycles. The van der Waals surface area contributed by atoms with Crippen molar-refractivity contribution in [1.29, 1.82) is 0 Å². The molecule has 2 aromatic rings. The van der Waals surface area contributed by atoms with Gasteiger partial charge in [0.2, 0.25) is 0 Å². The summed E-state index contributed by atoms with van der Waals surface area (Å²) in [5.41, 5.74) is 0.238. The van der Waals surface area contributed by atoms with E-state index in [1.807, 2.05) is 6.07 Å². The molecule has 0 radical (unpaired) electrons. The van der Waals surface area contributed by atoms with E-state index in [1.165, 1.54) is 12.1 Å². The van der Waals surface area contributed by atoms with Crippen LogP contribution in [0.5, 0.6) is 0 Å². The SMILES string of the molecule is O=C(Nc1ccc(I)cn1)c1cc(F)cc(Br)c1. The molecular weight excluding hydrogens is 414 g/mol. The fourth-order valence-corrected chi connectivity index (χ4v) is 2.11. The maximum absolute atomic E-state index is 13.2. The fourth-order valence-electron chi connectivity index (χ4n) is 1.32. The number of nitrogens with zero attached hydrogens (tertiary/aromatic N) is 1. The summed E-state index contributed by atoms with van der Waals surface area (Å²) in [4.78, 5) is 15.9. The summed E-state index contributed by atoms with van der Waals surface area (Å²) in [6.07, 6.45) is 1.64. The molecule has 2 rings (SSSR count). The standard InChI is InChI=1S/C12H7BrFIN2O/c13-8-3-7(4-9(14)5-8)12(18)17-11-2-1-10(15)6-16-11/h1-6H,(H,16,17,18). The Kier molecular flexibility index (Phi) is 4.28. The van der Waals surface area contributed by atoms with E-state index in [0.29, 0.717) is 10.3 Å². The van der Waals surface area contributed by atoms with Gasteiger partial charge >= 0.3 is 0 Å². The zero-order valence-electron chi connectivity index (χ0n) is 8.95. The van der Waals surface area contributed by atoms with Crippen LogP contribution in [0.2, 0.25) is 0 Å². The van der Waals surface area contributed by atoms with E-state index in [2.05, 4.69) is 48.8 Å². The summed E-state index contributed by atoms with van der Waals surface area (Å²) >= 11 is 5.26. The number of nitrogens with one attached hydrogen (secondary N) is 1. The molecule has 0 spiro atoms. The highest BCUT2D eigenvalue weighted by Crippen LogP contribution is 2.16. The van der Waals surface area contributed by atoms with Gasteiger partial charge in [-0.25, -0.2) is 9.37 Å². The average molecular weight is 421 g/mol. The van der Waals surface area contributed by atoms with Crippen molar-refractivity contribution in [3.8, 4) is 0 Å². The minimum atomic E-state index is -0.468. The van der Waals surface area contributed by atoms with Crippen LogP contribution in [-0.4, -0.2) is 10.9 Å². The zero-order valence-corrected chi connectivity index (χ0v) is 12.7. The average Bonchev–Trinajstić information content (AvgIpc) is 2.31. The number of carbonyl (C=O) groups is 1. The number of amides is 1. The number of halogens is 3. The number of hydrogen-bond acceptors (Lipinski definition) is 2. The van der Waals surface area contributed by atoms with Crippen LogP contribution in [0.15, 0.2) is 41.0 Å². The summed E-state index contributed by atoms with van der Waals surface area (Å²) in [7, 11) is 0. The van der Waals surface area contributed by atoms with E-state index in [9.17, 15) is 9.18 Å². The van der Waals surface area contributed by atoms with E-state index in [4.69, 9.17) is 0 Å². The van der Waals surface area contributed by atoms with Crippen molar-refractivity contribution in [1.82, 2.24) is 4.98 Å². The molecule has 0 saturated heterocycles. The molecule has 1 aromatic carbocycles. The van der Waals surface area contributed by atoms with Gasteiger partial charge in [-0.2, -0.15) is 0 Å². The molecule has 6 heteroatoms. The Balaban J connectivity index is 2.19. The summed E-state index contributed by atoms with van der Waals surface area (Å²) in [5.74, 6) is -0.435. The third-order valence-corrected chi connectivity index (χ3v) is 3.19. The lowest BCUT2D eigenvalue weighted by Crippen LogP contribution is -2.13. The molecule has 0 atom stereocenters. The molecule has 1 heterocycles. The van der Waals surface area contributed by atoms with Crippen LogP contribution >= 0.6 is 38.5 Å². The van der Waals surface area contributed by atoms with Gasteiger partial charge in [-0.05, 0) is 52.9 Å². The Bertz CT molecular complexity index is 569. The van der Waals surface area contributed by atoms with Gasteiger partial charge in [-0.3, -0.25) is 4.79 Å². The van der Waals surface area contributed by atoms with Gasteiger partial charge < -0.3 is 5.32 Å². The van der Waals surface area contributed by atoms with Crippen LogP contribution in [0.25, 0.3) is 0 Å². The van der Waals surface area contributed by atoms with E-state index < -0.39 is 11.7 Å². The maximum Gasteiger partial charge on any atom is 0.256 e. The molecule has 0 bridgehead atoms. The Morgan fingerprint density at radius 1 is 1.33 bits per heavy atom. The van der Waals surface area contributed by atoms with Gasteiger partial charge in [0.05, 0.1) is 0 Å². The first kappa shape index (κ1) is 13.4. The van der Waals surface area contributed by atoms with E-state index in [1.54, 1.807) is 18.3 Å². The second-order valence-corrected chi connectivity index (χ2v) is 5.64. The molecule has 0 fully saturated rings. The summed E-state index contributed by atoms with van der Waals surface area (Å²) < 4.78 is 14.6. The number of pyridine rings is 1. The number of rotatable bonds is 2. The topological polar surface area (TPSA) is 42.0 Å². The van der Waals surface area contributed by atoms with Crippen LogP contribution < -0.4 is 5.32 Å². The fraction of sp³-hybridized carbons (Fsp3) is 0. The highest BCUT2D eigenvalue weighted by Gasteiger charge is 2.09. The van der Waals surface area contributed by atoms with Crippen molar-refractivity contribution in [2.24, 2.45) is 0 Å². The monoisotopic (exact) mass is 420 g/mol. The molecular formula is C12H7BrFIN2O. The lowest BCUT2D eigenvalue weighted by Gasteiger charge is -2.05. The van der Waals surface area contributed by atoms with Gasteiger partial charge in [0.25, 0.3) is 5.91 Å². The first-order chi connectivity index (χ1) is 8.54. The van der Waals surface area contributed by atoms with Gasteiger partial charge in [0, 0.05) is 19.8 Å². The van der Waals surface area contributed by atoms with Crippen molar-refractivity contribution in [3.05, 3.63) is 56.0 Å². The lowest BCUT2D eigenvalue weighted by molar-refractivity contribution is 0.102. The van der Waals surface area contributed by atoms with Gasteiger partial charge in [0.1, 0.15) is 11.6 Å². The molecule has 0 aliphatic carbocycles. The Morgan fingerprint density at radius 3 is 2.72 bits per heavy atom. The number of anilines is 1. The van der Waals surface area contributed by atoms with Crippen molar-refractivity contribution in [2.45, 2.75) is 0 Å². The third-order valence-electron chi connectivity index (χ3n) is 2.09. The molecule has 0 saturated carbocycles. The first-order valence-electron chi connectivity index (χ1n) is 4.93. The van der Waals surface area contributed by atoms with Crippen molar-refractivity contribution in [3.63, 3.8) is 0 Å². The van der Waals surface area contributed by atoms with Crippen LogP contribution in [0.3, 0.4) is 0 Å². The zero-order chi connectivity index (χ0) is 13.1. The quantitative estimate of drug-likeness (QED) is 0.750. The van der Waals surface area contributed by atoms with Crippen LogP contribution in [-0.2, 0) is 0 Å². The smallest absolute Gasteiger partial charge is 0.256 e. The number of hydrogen-bond donors (Lipinski definition) is 1. The first-order valence-corrected chi connectivity index (χ1v) is 6.81. The molecule has 0 aliphatic rings. The normalized spacial score (nSPS) is 10.2. The molecule has 92 valence electrons. The summed E-state index contributed by atoms with van der Waals surface area (Å²) in [6, 6.07) is 7.52. The lowest BCUT2D eigenvalue weighted by atomic mass is 10.2. The van der Waals surface area contributed by atoms with Crippen LogP contribution in [0.4, 0.5) is 10.2 Å². The highest BCUT2D eigenvalue weighted by atomic mass is 127. The van der Waals surface area contributed by atoms with Gasteiger partial charge in [-0.15, -0.1) is 0 Å². The molecule has 3 nitrogen and oxygen atoms in total. The van der Waals surface area contributed by atoms with E-state index >= 15 is 0 Å². The summed E-state index contributed by atoms with van der Waals surface area (Å²) in [5, 5.41) is 2.60. The van der Waals surface area contributed by atoms with E-state index in [-0.39, 0.29) is 5.56 Å². The second kappa shape index (κ2) is 5.75. The van der Waals surface area contributed by atoms with E-state index in [0.717, 1.165) is 3.57 Å². The Morgan fingerprint density at radius 2 is 2.11 bits per heavy atom. The largest absolute Gasteiger partial charge is 0.307 e. The van der Waals surface area contributed by atoms with Gasteiger partial charge in [-0.1, -0.05) is 15.9 Å². The number of carbonyl (C=O) groups excluding carboxylic acids is 1. The third kappa shape index (κ3) is 3.49. The molecule has 1 aromatic heterocycles. The molecule has 0 unspecified atom stereocenters. The minimum absolute atomic E-state index is 0.238. The van der Waals surface area contributed by atoms with Crippen LogP contribution in [0, 0.1) is 9.39 Å².